The van der Waals surface area contributed by atoms with Crippen LogP contribution in [0.15, 0.2) is 18.2 Å². The fourth-order valence-corrected chi connectivity index (χ4v) is 3.22. The van der Waals surface area contributed by atoms with Gasteiger partial charge in [0.2, 0.25) is 11.8 Å². The van der Waals surface area contributed by atoms with Gasteiger partial charge in [-0.05, 0) is 42.4 Å². The van der Waals surface area contributed by atoms with E-state index in [0.717, 1.165) is 18.4 Å². The van der Waals surface area contributed by atoms with Gasteiger partial charge < -0.3 is 10.2 Å². The molecule has 1 unspecified atom stereocenters. The Morgan fingerprint density at radius 3 is 2.85 bits per heavy atom. The van der Waals surface area contributed by atoms with Gasteiger partial charge in [0.1, 0.15) is 6.04 Å². The molecule has 0 bridgehead atoms. The fourth-order valence-electron chi connectivity index (χ4n) is 3.22. The summed E-state index contributed by atoms with van der Waals surface area (Å²) < 4.78 is 0. The largest absolute Gasteiger partial charge is 0.345 e. The highest BCUT2D eigenvalue weighted by Crippen LogP contribution is 2.24. The summed E-state index contributed by atoms with van der Waals surface area (Å²) in [4.78, 5) is 25.6. The Labute approximate surface area is 119 Å². The third-order valence-corrected chi connectivity index (χ3v) is 4.32. The second-order valence-electron chi connectivity index (χ2n) is 5.62. The Balaban J connectivity index is 1.81. The number of piperazine rings is 1. The zero-order chi connectivity index (χ0) is 14.1. The van der Waals surface area contributed by atoms with Crippen molar-refractivity contribution in [1.82, 2.24) is 10.2 Å². The minimum Gasteiger partial charge on any atom is -0.345 e. The first-order valence-electron chi connectivity index (χ1n) is 7.37. The van der Waals surface area contributed by atoms with Crippen molar-refractivity contribution in [3.05, 3.63) is 34.9 Å². The Morgan fingerprint density at radius 2 is 2.05 bits per heavy atom. The van der Waals surface area contributed by atoms with Gasteiger partial charge in [0.15, 0.2) is 0 Å². The number of hydrogen-bond acceptors (Lipinski definition) is 2. The molecule has 106 valence electrons. The van der Waals surface area contributed by atoms with Gasteiger partial charge in [0, 0.05) is 6.54 Å². The standard InChI is InChI=1S/C16H20N2O2/c1-2-14-16(20)17-9-15(19)18(14)10-11-6-7-12-4-3-5-13(12)8-11/h6-8,14H,2-5,9-10H2,1H3,(H,17,20). The SMILES string of the molecule is CCC1C(=O)NCC(=O)N1Cc1ccc2c(c1)CCC2. The Morgan fingerprint density at radius 1 is 1.25 bits per heavy atom. The lowest BCUT2D eigenvalue weighted by atomic mass is 10.0. The van der Waals surface area contributed by atoms with E-state index in [1.807, 2.05) is 6.92 Å². The molecule has 1 N–H and O–H groups in total. The zero-order valence-corrected chi connectivity index (χ0v) is 11.8. The first-order valence-corrected chi connectivity index (χ1v) is 7.37. The molecule has 1 aromatic carbocycles. The molecule has 1 heterocycles. The second kappa shape index (κ2) is 5.27. The van der Waals surface area contributed by atoms with Gasteiger partial charge in [-0.1, -0.05) is 25.1 Å². The quantitative estimate of drug-likeness (QED) is 0.904. The molecule has 2 amide bonds. The molecule has 1 atom stereocenters. The summed E-state index contributed by atoms with van der Waals surface area (Å²) >= 11 is 0. The topological polar surface area (TPSA) is 49.4 Å². The van der Waals surface area contributed by atoms with E-state index < -0.39 is 0 Å². The average molecular weight is 272 g/mol. The lowest BCUT2D eigenvalue weighted by Crippen LogP contribution is -2.57. The van der Waals surface area contributed by atoms with E-state index in [9.17, 15) is 9.59 Å². The van der Waals surface area contributed by atoms with Crippen molar-refractivity contribution < 1.29 is 9.59 Å². The number of nitrogens with one attached hydrogen (secondary N) is 1. The molecule has 1 aliphatic heterocycles. The Hall–Kier alpha value is -1.84. The van der Waals surface area contributed by atoms with Crippen LogP contribution < -0.4 is 5.32 Å². The van der Waals surface area contributed by atoms with Crippen molar-refractivity contribution in [3.63, 3.8) is 0 Å². The van der Waals surface area contributed by atoms with Crippen LogP contribution in [0.2, 0.25) is 0 Å². The maximum absolute atomic E-state index is 12.1. The Bertz CT molecular complexity index is 553. The van der Waals surface area contributed by atoms with Gasteiger partial charge in [-0.2, -0.15) is 0 Å². The zero-order valence-electron chi connectivity index (χ0n) is 11.8. The minimum atomic E-state index is -0.329. The van der Waals surface area contributed by atoms with E-state index in [1.165, 1.54) is 17.5 Å². The fraction of sp³-hybridized carbons (Fsp3) is 0.500. The number of carbonyl (C=O) groups excluding carboxylic acids is 2. The van der Waals surface area contributed by atoms with Crippen LogP contribution in [0.3, 0.4) is 0 Å². The highest BCUT2D eigenvalue weighted by Gasteiger charge is 2.33. The smallest absolute Gasteiger partial charge is 0.243 e. The molecule has 4 heteroatoms. The number of hydrogen-bond donors (Lipinski definition) is 1. The summed E-state index contributed by atoms with van der Waals surface area (Å²) in [5, 5.41) is 2.66. The summed E-state index contributed by atoms with van der Waals surface area (Å²) in [7, 11) is 0. The van der Waals surface area contributed by atoms with E-state index in [1.54, 1.807) is 4.90 Å². The van der Waals surface area contributed by atoms with E-state index in [4.69, 9.17) is 0 Å². The molecule has 0 saturated carbocycles. The number of benzene rings is 1. The predicted molar refractivity (Wildman–Crippen MR) is 76.1 cm³/mol. The van der Waals surface area contributed by atoms with Crippen molar-refractivity contribution in [2.75, 3.05) is 6.54 Å². The maximum Gasteiger partial charge on any atom is 0.243 e. The number of aryl methyl sites for hydroxylation is 2. The molecular weight excluding hydrogens is 252 g/mol. The van der Waals surface area contributed by atoms with Crippen LogP contribution in [0, 0.1) is 0 Å². The number of carbonyl (C=O) groups is 2. The van der Waals surface area contributed by atoms with Crippen LogP contribution in [0.25, 0.3) is 0 Å². The molecule has 4 nitrogen and oxygen atoms in total. The number of amides is 2. The predicted octanol–water partition coefficient (Wildman–Crippen LogP) is 1.41. The average Bonchev–Trinajstić information content (AvgIpc) is 2.91. The highest BCUT2D eigenvalue weighted by atomic mass is 16.2. The van der Waals surface area contributed by atoms with Gasteiger partial charge in [-0.3, -0.25) is 9.59 Å². The first-order chi connectivity index (χ1) is 9.69. The molecule has 20 heavy (non-hydrogen) atoms. The summed E-state index contributed by atoms with van der Waals surface area (Å²) in [5.41, 5.74) is 3.97. The number of nitrogens with zero attached hydrogens (tertiary/aromatic N) is 1. The van der Waals surface area contributed by atoms with E-state index in [2.05, 4.69) is 23.5 Å². The molecule has 1 aliphatic carbocycles. The molecule has 2 aliphatic rings. The Kier molecular flexibility index (Phi) is 3.47. The lowest BCUT2D eigenvalue weighted by Gasteiger charge is -2.34. The molecule has 0 spiro atoms. The van der Waals surface area contributed by atoms with E-state index in [-0.39, 0.29) is 24.4 Å². The van der Waals surface area contributed by atoms with Crippen LogP contribution in [0.4, 0.5) is 0 Å². The van der Waals surface area contributed by atoms with Gasteiger partial charge in [-0.25, -0.2) is 0 Å². The van der Waals surface area contributed by atoms with Crippen LogP contribution in [0.1, 0.15) is 36.5 Å². The third kappa shape index (κ3) is 2.30. The van der Waals surface area contributed by atoms with Gasteiger partial charge in [0.05, 0.1) is 6.54 Å². The summed E-state index contributed by atoms with van der Waals surface area (Å²) in [6.07, 6.45) is 4.18. The van der Waals surface area contributed by atoms with E-state index >= 15 is 0 Å². The lowest BCUT2D eigenvalue weighted by molar-refractivity contribution is -0.146. The van der Waals surface area contributed by atoms with Crippen LogP contribution in [-0.2, 0) is 29.0 Å². The van der Waals surface area contributed by atoms with Crippen LogP contribution in [0.5, 0.6) is 0 Å². The first kappa shape index (κ1) is 13.2. The normalized spacial score (nSPS) is 21.9. The monoisotopic (exact) mass is 272 g/mol. The number of fused-ring (bicyclic) bond motifs is 1. The molecule has 3 rings (SSSR count). The van der Waals surface area contributed by atoms with Crippen molar-refractivity contribution in [3.8, 4) is 0 Å². The summed E-state index contributed by atoms with van der Waals surface area (Å²) in [6, 6.07) is 6.14. The third-order valence-electron chi connectivity index (χ3n) is 4.32. The van der Waals surface area contributed by atoms with Crippen LogP contribution in [-0.4, -0.2) is 29.3 Å². The second-order valence-corrected chi connectivity index (χ2v) is 5.62. The van der Waals surface area contributed by atoms with Crippen molar-refractivity contribution >= 4 is 11.8 Å². The summed E-state index contributed by atoms with van der Waals surface area (Å²) in [5.74, 6) is -0.0230. The van der Waals surface area contributed by atoms with E-state index in [0.29, 0.717) is 13.0 Å². The molecule has 1 aromatic rings. The van der Waals surface area contributed by atoms with Crippen molar-refractivity contribution in [2.45, 2.75) is 45.2 Å². The van der Waals surface area contributed by atoms with Gasteiger partial charge >= 0.3 is 0 Å². The molecule has 0 aromatic heterocycles. The van der Waals surface area contributed by atoms with Crippen molar-refractivity contribution in [2.24, 2.45) is 0 Å². The minimum absolute atomic E-state index is 0.0111. The highest BCUT2D eigenvalue weighted by molar-refractivity contribution is 5.94. The van der Waals surface area contributed by atoms with Crippen LogP contribution >= 0.6 is 0 Å². The molecule has 1 fully saturated rings. The number of rotatable bonds is 3. The molecule has 0 radical (unpaired) electrons. The maximum atomic E-state index is 12.1. The molecular formula is C16H20N2O2. The van der Waals surface area contributed by atoms with Gasteiger partial charge in [0.25, 0.3) is 0 Å². The van der Waals surface area contributed by atoms with Gasteiger partial charge in [-0.15, -0.1) is 0 Å². The molecule has 1 saturated heterocycles. The van der Waals surface area contributed by atoms with Crippen molar-refractivity contribution in [1.29, 1.82) is 0 Å². The summed E-state index contributed by atoms with van der Waals surface area (Å²) in [6.45, 7) is 2.61.